The molecule has 0 radical (unpaired) electrons. The number of methoxy groups -OCH3 is 1. The Balaban J connectivity index is 1.91. The lowest BCUT2D eigenvalue weighted by Crippen LogP contribution is -2.02. The van der Waals surface area contributed by atoms with Crippen LogP contribution in [0.25, 0.3) is 0 Å². The fourth-order valence-electron chi connectivity index (χ4n) is 1.86. The first kappa shape index (κ1) is 16.5. The van der Waals surface area contributed by atoms with E-state index in [1.165, 1.54) is 7.11 Å². The van der Waals surface area contributed by atoms with Crippen molar-refractivity contribution in [2.75, 3.05) is 13.7 Å². The number of thiazole rings is 1. The average molecular weight is 321 g/mol. The summed E-state index contributed by atoms with van der Waals surface area (Å²) in [6.45, 7) is 5.00. The molecule has 0 N–H and O–H groups in total. The minimum absolute atomic E-state index is 0.00286. The normalized spacial score (nSPS) is 12.0. The number of aromatic nitrogens is 1. The molecule has 1 atom stereocenters. The zero-order valence-corrected chi connectivity index (χ0v) is 13.7. The fraction of sp³-hybridized carbons (Fsp3) is 0.375. The molecule has 0 aliphatic rings. The molecule has 1 heterocycles. The summed E-state index contributed by atoms with van der Waals surface area (Å²) in [4.78, 5) is 15.8. The van der Waals surface area contributed by atoms with Gasteiger partial charge in [-0.2, -0.15) is 0 Å². The Bertz CT molecular complexity index is 609. The first-order valence-corrected chi connectivity index (χ1v) is 7.89. The fourth-order valence-corrected chi connectivity index (χ4v) is 2.67. The molecule has 0 fully saturated rings. The summed E-state index contributed by atoms with van der Waals surface area (Å²) >= 11 is 1.56. The van der Waals surface area contributed by atoms with Crippen LogP contribution in [0.4, 0.5) is 0 Å². The number of carbonyl (C=O) groups is 1. The third kappa shape index (κ3) is 4.29. The van der Waals surface area contributed by atoms with Crippen LogP contribution in [0.15, 0.2) is 29.6 Å². The highest BCUT2D eigenvalue weighted by Gasteiger charge is 2.11. The van der Waals surface area contributed by atoms with Gasteiger partial charge in [-0.05, 0) is 38.1 Å². The van der Waals surface area contributed by atoms with Crippen LogP contribution in [0.1, 0.15) is 41.0 Å². The van der Waals surface area contributed by atoms with Gasteiger partial charge in [-0.15, -0.1) is 11.3 Å². The van der Waals surface area contributed by atoms with Crippen molar-refractivity contribution in [2.24, 2.45) is 0 Å². The van der Waals surface area contributed by atoms with Crippen molar-refractivity contribution in [3.63, 3.8) is 0 Å². The molecular weight excluding hydrogens is 302 g/mol. The molecule has 0 aliphatic heterocycles. The number of carbonyl (C=O) groups excluding carboxylic acids is 1. The van der Waals surface area contributed by atoms with Gasteiger partial charge in [-0.1, -0.05) is 0 Å². The van der Waals surface area contributed by atoms with Crippen molar-refractivity contribution < 1.29 is 19.0 Å². The van der Waals surface area contributed by atoms with Crippen LogP contribution >= 0.6 is 11.3 Å². The molecule has 6 heteroatoms. The van der Waals surface area contributed by atoms with Crippen molar-refractivity contribution in [2.45, 2.75) is 26.6 Å². The Labute approximate surface area is 133 Å². The predicted octanol–water partition coefficient (Wildman–Crippen LogP) is 3.61. The van der Waals surface area contributed by atoms with E-state index >= 15 is 0 Å². The van der Waals surface area contributed by atoms with E-state index in [1.807, 2.05) is 19.2 Å². The van der Waals surface area contributed by atoms with Crippen molar-refractivity contribution in [3.05, 3.63) is 45.9 Å². The van der Waals surface area contributed by atoms with Crippen LogP contribution in [-0.4, -0.2) is 24.7 Å². The largest absolute Gasteiger partial charge is 0.487 e. The maximum Gasteiger partial charge on any atom is 0.337 e. The highest BCUT2D eigenvalue weighted by Crippen LogP contribution is 2.22. The lowest BCUT2D eigenvalue weighted by Gasteiger charge is -2.07. The lowest BCUT2D eigenvalue weighted by atomic mass is 10.2. The van der Waals surface area contributed by atoms with Gasteiger partial charge in [-0.3, -0.25) is 0 Å². The van der Waals surface area contributed by atoms with Gasteiger partial charge >= 0.3 is 5.97 Å². The Kier molecular flexibility index (Phi) is 5.91. The van der Waals surface area contributed by atoms with Gasteiger partial charge in [0.25, 0.3) is 0 Å². The van der Waals surface area contributed by atoms with Crippen LogP contribution in [0.2, 0.25) is 0 Å². The molecule has 0 saturated carbocycles. The van der Waals surface area contributed by atoms with Crippen LogP contribution in [0.5, 0.6) is 5.75 Å². The molecular formula is C16H19NO4S. The molecule has 5 nitrogen and oxygen atoms in total. The summed E-state index contributed by atoms with van der Waals surface area (Å²) in [5.74, 6) is 0.320. The highest BCUT2D eigenvalue weighted by molar-refractivity contribution is 7.09. The standard InChI is InChI=1S/C16H19NO4S/c1-4-20-11(2)15-17-13(10-22-15)9-21-14-7-5-12(6-8-14)16(18)19-3/h5-8,10-11H,4,9H2,1-3H3. The number of nitrogens with zero attached hydrogens (tertiary/aromatic N) is 1. The van der Waals surface area contributed by atoms with Gasteiger partial charge < -0.3 is 14.2 Å². The van der Waals surface area contributed by atoms with Crippen LogP contribution in [-0.2, 0) is 16.1 Å². The van der Waals surface area contributed by atoms with E-state index in [1.54, 1.807) is 35.6 Å². The van der Waals surface area contributed by atoms with Gasteiger partial charge in [0.05, 0.1) is 18.4 Å². The lowest BCUT2D eigenvalue weighted by molar-refractivity contribution is 0.0600. The number of hydrogen-bond donors (Lipinski definition) is 0. The molecule has 0 bridgehead atoms. The summed E-state index contributed by atoms with van der Waals surface area (Å²) in [5.41, 5.74) is 1.36. The van der Waals surface area contributed by atoms with Crippen molar-refractivity contribution >= 4 is 17.3 Å². The van der Waals surface area contributed by atoms with Crippen LogP contribution in [0.3, 0.4) is 0 Å². The van der Waals surface area contributed by atoms with E-state index in [9.17, 15) is 4.79 Å². The SMILES string of the molecule is CCOC(C)c1nc(COc2ccc(C(=O)OC)cc2)cs1. The molecule has 0 spiro atoms. The Morgan fingerprint density at radius 1 is 1.32 bits per heavy atom. The summed E-state index contributed by atoms with van der Waals surface area (Å²) in [7, 11) is 1.36. The second-order valence-electron chi connectivity index (χ2n) is 4.58. The first-order valence-electron chi connectivity index (χ1n) is 7.01. The van der Waals surface area contributed by atoms with E-state index < -0.39 is 0 Å². The first-order chi connectivity index (χ1) is 10.6. The minimum Gasteiger partial charge on any atom is -0.487 e. The maximum absolute atomic E-state index is 11.3. The van der Waals surface area contributed by atoms with E-state index in [-0.39, 0.29) is 12.1 Å². The predicted molar refractivity (Wildman–Crippen MR) is 84.3 cm³/mol. The second-order valence-corrected chi connectivity index (χ2v) is 5.47. The molecule has 22 heavy (non-hydrogen) atoms. The average Bonchev–Trinajstić information content (AvgIpc) is 3.02. The molecule has 1 unspecified atom stereocenters. The van der Waals surface area contributed by atoms with E-state index in [0.29, 0.717) is 24.5 Å². The highest BCUT2D eigenvalue weighted by atomic mass is 32.1. The molecule has 1 aromatic heterocycles. The molecule has 1 aromatic carbocycles. The van der Waals surface area contributed by atoms with E-state index in [0.717, 1.165) is 10.7 Å². The van der Waals surface area contributed by atoms with Gasteiger partial charge in [0.2, 0.25) is 0 Å². The van der Waals surface area contributed by atoms with E-state index in [2.05, 4.69) is 9.72 Å². The number of esters is 1. The smallest absolute Gasteiger partial charge is 0.337 e. The third-order valence-corrected chi connectivity index (χ3v) is 4.05. The van der Waals surface area contributed by atoms with E-state index in [4.69, 9.17) is 9.47 Å². The van der Waals surface area contributed by atoms with Gasteiger partial charge in [0.1, 0.15) is 23.5 Å². The Morgan fingerprint density at radius 2 is 2.05 bits per heavy atom. The second kappa shape index (κ2) is 7.91. The van der Waals surface area contributed by atoms with Gasteiger partial charge in [0.15, 0.2) is 0 Å². The number of ether oxygens (including phenoxy) is 3. The molecule has 0 aliphatic carbocycles. The van der Waals surface area contributed by atoms with Gasteiger partial charge in [0, 0.05) is 12.0 Å². The summed E-state index contributed by atoms with van der Waals surface area (Å²) < 4.78 is 15.8. The van der Waals surface area contributed by atoms with Crippen molar-refractivity contribution in [1.29, 1.82) is 0 Å². The van der Waals surface area contributed by atoms with Crippen molar-refractivity contribution in [3.8, 4) is 5.75 Å². The van der Waals surface area contributed by atoms with Crippen LogP contribution in [0, 0.1) is 0 Å². The number of benzene rings is 1. The number of rotatable bonds is 7. The third-order valence-electron chi connectivity index (χ3n) is 3.00. The summed E-state index contributed by atoms with van der Waals surface area (Å²) in [6.07, 6.45) is 0.00286. The zero-order valence-electron chi connectivity index (χ0n) is 12.9. The molecule has 0 saturated heterocycles. The monoisotopic (exact) mass is 321 g/mol. The topological polar surface area (TPSA) is 57.7 Å². The van der Waals surface area contributed by atoms with Gasteiger partial charge in [-0.25, -0.2) is 9.78 Å². The molecule has 2 aromatic rings. The molecule has 2 rings (SSSR count). The Morgan fingerprint density at radius 3 is 2.68 bits per heavy atom. The minimum atomic E-state index is -0.361. The quantitative estimate of drug-likeness (QED) is 0.729. The Hall–Kier alpha value is -1.92. The zero-order chi connectivity index (χ0) is 15.9. The molecule has 118 valence electrons. The summed E-state index contributed by atoms with van der Waals surface area (Å²) in [6, 6.07) is 6.82. The maximum atomic E-state index is 11.3. The van der Waals surface area contributed by atoms with Crippen molar-refractivity contribution in [1.82, 2.24) is 4.98 Å². The summed E-state index contributed by atoms with van der Waals surface area (Å²) in [5, 5.41) is 2.91. The molecule has 0 amide bonds. The van der Waals surface area contributed by atoms with Crippen LogP contribution < -0.4 is 4.74 Å². The number of hydrogen-bond acceptors (Lipinski definition) is 6.